The van der Waals surface area contributed by atoms with E-state index in [0.29, 0.717) is 13.1 Å². The lowest BCUT2D eigenvalue weighted by atomic mass is 10.6. The third-order valence-electron chi connectivity index (χ3n) is 0.770. The maximum atomic E-state index is 8.15. The van der Waals surface area contributed by atoms with Crippen LogP contribution in [-0.2, 0) is 4.74 Å². The van der Waals surface area contributed by atoms with Crippen molar-refractivity contribution in [1.82, 2.24) is 5.32 Å². The molecule has 12 heavy (non-hydrogen) atoms. The zero-order chi connectivity index (χ0) is 9.66. The van der Waals surface area contributed by atoms with E-state index in [2.05, 4.69) is 23.2 Å². The highest BCUT2D eigenvalue weighted by Crippen LogP contribution is 1.65. The van der Waals surface area contributed by atoms with E-state index in [1.165, 1.54) is 12.5 Å². The molecule has 0 aliphatic rings. The smallest absolute Gasteiger partial charge is 0.0829 e. The lowest BCUT2D eigenvalue weighted by Gasteiger charge is -1.94. The summed E-state index contributed by atoms with van der Waals surface area (Å²) in [6.45, 7) is 7.93. The first-order valence-electron chi connectivity index (χ1n) is 3.63. The van der Waals surface area contributed by atoms with Crippen LogP contribution in [0.3, 0.4) is 0 Å². The van der Waals surface area contributed by atoms with Gasteiger partial charge in [0.05, 0.1) is 25.7 Å². The van der Waals surface area contributed by atoms with Gasteiger partial charge in [-0.25, -0.2) is 0 Å². The highest BCUT2D eigenvalue weighted by molar-refractivity contribution is 4.57. The molecule has 0 aliphatic heterocycles. The Labute approximate surface area is 73.2 Å². The molecule has 0 amide bonds. The van der Waals surface area contributed by atoms with E-state index in [4.69, 9.17) is 10.2 Å². The summed E-state index contributed by atoms with van der Waals surface area (Å²) in [6.07, 6.45) is 2.62. The molecule has 0 rings (SSSR count). The van der Waals surface area contributed by atoms with Crippen molar-refractivity contribution in [2.45, 2.75) is 0 Å². The number of ether oxygens (including phenoxy) is 1. The van der Waals surface area contributed by atoms with Crippen molar-refractivity contribution in [1.29, 1.82) is 0 Å². The molecule has 0 atom stereocenters. The van der Waals surface area contributed by atoms with Crippen molar-refractivity contribution in [3.8, 4) is 0 Å². The quantitative estimate of drug-likeness (QED) is 0.388. The van der Waals surface area contributed by atoms with Gasteiger partial charge >= 0.3 is 0 Å². The molecule has 0 spiro atoms. The van der Waals surface area contributed by atoms with Crippen LogP contribution >= 0.6 is 0 Å². The van der Waals surface area contributed by atoms with Gasteiger partial charge in [0.25, 0.3) is 0 Å². The Kier molecular flexibility index (Phi) is 19.0. The van der Waals surface area contributed by atoms with Crippen LogP contribution in [0.1, 0.15) is 0 Å². The van der Waals surface area contributed by atoms with Crippen molar-refractivity contribution in [2.75, 3.05) is 26.3 Å². The van der Waals surface area contributed by atoms with E-state index in [1.54, 1.807) is 0 Å². The molecule has 3 N–H and O–H groups in total. The van der Waals surface area contributed by atoms with E-state index in [-0.39, 0.29) is 13.2 Å². The molecule has 4 heteroatoms. The largest absolute Gasteiger partial charge is 0.474 e. The van der Waals surface area contributed by atoms with Crippen LogP contribution in [0.15, 0.2) is 25.7 Å². The molecule has 0 radical (unpaired) electrons. The summed E-state index contributed by atoms with van der Waals surface area (Å²) in [5.74, 6) is 0. The van der Waals surface area contributed by atoms with E-state index in [1.807, 2.05) is 0 Å². The normalized spacial score (nSPS) is 7.83. The maximum Gasteiger partial charge on any atom is 0.0829 e. The zero-order valence-electron chi connectivity index (χ0n) is 7.20. The Morgan fingerprint density at radius 1 is 1.08 bits per heavy atom. The van der Waals surface area contributed by atoms with Gasteiger partial charge in [0.2, 0.25) is 0 Å². The van der Waals surface area contributed by atoms with Gasteiger partial charge < -0.3 is 20.3 Å². The van der Waals surface area contributed by atoms with Crippen molar-refractivity contribution in [2.24, 2.45) is 0 Å². The molecule has 0 aromatic rings. The Balaban J connectivity index is 0. The van der Waals surface area contributed by atoms with Gasteiger partial charge in [0.15, 0.2) is 0 Å². The molecule has 0 aromatic carbocycles. The fraction of sp³-hybridized carbons (Fsp3) is 0.500. The molecule has 4 nitrogen and oxygen atoms in total. The topological polar surface area (TPSA) is 61.7 Å². The van der Waals surface area contributed by atoms with Crippen LogP contribution < -0.4 is 5.32 Å². The molecule has 0 saturated carbocycles. The summed E-state index contributed by atoms with van der Waals surface area (Å²) in [4.78, 5) is 0. The van der Waals surface area contributed by atoms with Gasteiger partial charge in [0, 0.05) is 13.1 Å². The number of rotatable bonds is 6. The van der Waals surface area contributed by atoms with Crippen LogP contribution in [0.4, 0.5) is 0 Å². The van der Waals surface area contributed by atoms with E-state index in [9.17, 15) is 0 Å². The summed E-state index contributed by atoms with van der Waals surface area (Å²) >= 11 is 0. The molecule has 0 fully saturated rings. The first-order chi connectivity index (χ1) is 5.83. The highest BCUT2D eigenvalue weighted by Gasteiger charge is 1.78. The average molecular weight is 175 g/mol. The summed E-state index contributed by atoms with van der Waals surface area (Å²) in [5.41, 5.74) is 0. The number of aliphatic hydroxyl groups is 2. The number of hydrogen-bond donors (Lipinski definition) is 3. The van der Waals surface area contributed by atoms with Gasteiger partial charge in [-0.3, -0.25) is 0 Å². The fourth-order valence-corrected chi connectivity index (χ4v) is 0.351. The third kappa shape index (κ3) is 22.9. The molecular weight excluding hydrogens is 158 g/mol. The summed E-state index contributed by atoms with van der Waals surface area (Å²) < 4.78 is 4.36. The van der Waals surface area contributed by atoms with Crippen molar-refractivity contribution < 1.29 is 14.9 Å². The predicted molar refractivity (Wildman–Crippen MR) is 48.5 cm³/mol. The van der Waals surface area contributed by atoms with Crippen LogP contribution in [0.2, 0.25) is 0 Å². The highest BCUT2D eigenvalue weighted by atomic mass is 16.5. The molecule has 0 unspecified atom stereocenters. The standard InChI is InChI=1S/C4H11NO2.C4H6O/c6-3-1-5-2-4-7;1-3-5-4-2/h5-7H,1-4H2;3-4H,1-2H2. The fourth-order valence-electron chi connectivity index (χ4n) is 0.351. The van der Waals surface area contributed by atoms with Gasteiger partial charge in [-0.1, -0.05) is 13.2 Å². The Bertz CT molecular complexity index is 86.3. The van der Waals surface area contributed by atoms with E-state index >= 15 is 0 Å². The molecule has 0 aliphatic carbocycles. The summed E-state index contributed by atoms with van der Waals surface area (Å²) in [5, 5.41) is 19.1. The van der Waals surface area contributed by atoms with Gasteiger partial charge in [-0.05, 0) is 0 Å². The Morgan fingerprint density at radius 3 is 1.67 bits per heavy atom. The van der Waals surface area contributed by atoms with E-state index in [0.717, 1.165) is 0 Å². The van der Waals surface area contributed by atoms with Gasteiger partial charge in [-0.15, -0.1) is 0 Å². The first-order valence-corrected chi connectivity index (χ1v) is 3.63. The minimum atomic E-state index is 0.139. The second-order valence-electron chi connectivity index (χ2n) is 1.67. The first kappa shape index (κ1) is 13.7. The molecule has 0 bridgehead atoms. The van der Waals surface area contributed by atoms with Crippen molar-refractivity contribution in [3.63, 3.8) is 0 Å². The van der Waals surface area contributed by atoms with E-state index < -0.39 is 0 Å². The number of nitrogens with one attached hydrogen (secondary N) is 1. The number of aliphatic hydroxyl groups excluding tert-OH is 2. The van der Waals surface area contributed by atoms with Crippen molar-refractivity contribution in [3.05, 3.63) is 25.7 Å². The minimum absolute atomic E-state index is 0.139. The molecule has 0 heterocycles. The van der Waals surface area contributed by atoms with Gasteiger partial charge in [0.1, 0.15) is 0 Å². The van der Waals surface area contributed by atoms with Gasteiger partial charge in [-0.2, -0.15) is 0 Å². The zero-order valence-corrected chi connectivity index (χ0v) is 7.20. The predicted octanol–water partition coefficient (Wildman–Crippen LogP) is -0.149. The molecule has 72 valence electrons. The maximum absolute atomic E-state index is 8.15. The van der Waals surface area contributed by atoms with Crippen LogP contribution in [0.5, 0.6) is 0 Å². The molecular formula is C8H17NO3. The molecule has 0 aromatic heterocycles. The summed E-state index contributed by atoms with van der Waals surface area (Å²) in [7, 11) is 0. The van der Waals surface area contributed by atoms with Crippen LogP contribution in [0, 0.1) is 0 Å². The lowest BCUT2D eigenvalue weighted by molar-refractivity contribution is 0.267. The van der Waals surface area contributed by atoms with Crippen LogP contribution in [-0.4, -0.2) is 36.5 Å². The monoisotopic (exact) mass is 175 g/mol. The SMILES string of the molecule is C=COC=C.OCCNCCO. The lowest BCUT2D eigenvalue weighted by Crippen LogP contribution is -2.21. The average Bonchev–Trinajstić information content (AvgIpc) is 2.08. The molecule has 0 saturated heterocycles. The Morgan fingerprint density at radius 2 is 1.50 bits per heavy atom. The van der Waals surface area contributed by atoms with Crippen LogP contribution in [0.25, 0.3) is 0 Å². The second kappa shape index (κ2) is 16.6. The Hall–Kier alpha value is -0.840. The second-order valence-corrected chi connectivity index (χ2v) is 1.67. The third-order valence-corrected chi connectivity index (χ3v) is 0.770. The minimum Gasteiger partial charge on any atom is -0.474 e. The summed E-state index contributed by atoms with van der Waals surface area (Å²) in [6, 6.07) is 0. The number of hydrogen-bond acceptors (Lipinski definition) is 4. The van der Waals surface area contributed by atoms with Crippen molar-refractivity contribution >= 4 is 0 Å².